The molecule has 6 amide bonds. The van der Waals surface area contributed by atoms with Crippen LogP contribution in [0.1, 0.15) is 112 Å². The van der Waals surface area contributed by atoms with Crippen LogP contribution >= 0.6 is 0 Å². The van der Waals surface area contributed by atoms with E-state index < -0.39 is 76.8 Å². The van der Waals surface area contributed by atoms with Crippen LogP contribution in [0.25, 0.3) is 22.2 Å². The summed E-state index contributed by atoms with van der Waals surface area (Å²) in [6, 6.07) is 6.34. The normalized spacial score (nSPS) is 15.4. The summed E-state index contributed by atoms with van der Waals surface area (Å²) in [5.74, 6) is -0.385. The summed E-state index contributed by atoms with van der Waals surface area (Å²) in [5, 5.41) is 20.4. The summed E-state index contributed by atoms with van der Waals surface area (Å²) in [4.78, 5) is 77.3. The third-order valence-electron chi connectivity index (χ3n) is 10.7. The van der Waals surface area contributed by atoms with Gasteiger partial charge in [0.1, 0.15) is 22.6 Å². The Labute approximate surface area is 405 Å². The predicted octanol–water partition coefficient (Wildman–Crippen LogP) is 10.9. The lowest BCUT2D eigenvalue weighted by molar-refractivity contribution is -0.138. The number of carbonyl (C=O) groups excluding carboxylic acids is 4. The van der Waals surface area contributed by atoms with Gasteiger partial charge in [-0.2, -0.15) is 18.3 Å². The molecule has 0 saturated heterocycles. The Morgan fingerprint density at radius 2 is 1.40 bits per heavy atom. The number of aromatic nitrogens is 4. The molecule has 0 radical (unpaired) electrons. The summed E-state index contributed by atoms with van der Waals surface area (Å²) in [6.07, 6.45) is -5.00. The van der Waals surface area contributed by atoms with E-state index in [4.69, 9.17) is 23.9 Å². The highest BCUT2D eigenvalue weighted by atomic mass is 19.4. The number of hydrogen-bond donors (Lipinski definition) is 3. The van der Waals surface area contributed by atoms with E-state index in [2.05, 4.69) is 20.7 Å². The SMILES string of the molecule is CCc1cc(-c2cc(NC(=O)Nc3ccc(OCCCN(C)C(=O)OC(C)(C)C)c(C(F)(F)F)c3)nn2C)cc2cnc(N(C(=O)O)[C@H]3CC[C@H](N(C(=O)OC(C)(C)C)C(=O)OC(C)(C)C)CC3)nc12. The Morgan fingerprint density at radius 1 is 0.814 bits per heavy atom. The minimum Gasteiger partial charge on any atom is -0.493 e. The molecule has 19 nitrogen and oxygen atoms in total. The lowest BCUT2D eigenvalue weighted by atomic mass is 9.89. The Morgan fingerprint density at radius 3 is 1.96 bits per heavy atom. The minimum absolute atomic E-state index is 0.0373. The second kappa shape index (κ2) is 21.4. The molecule has 0 spiro atoms. The molecule has 1 aliphatic rings. The quantitative estimate of drug-likeness (QED) is 0.0889. The number of rotatable bonds is 12. The minimum atomic E-state index is -4.81. The van der Waals surface area contributed by atoms with E-state index in [9.17, 15) is 42.3 Å². The highest BCUT2D eigenvalue weighted by Gasteiger charge is 2.41. The van der Waals surface area contributed by atoms with Gasteiger partial charge in [0, 0.05) is 61.6 Å². The van der Waals surface area contributed by atoms with E-state index in [-0.39, 0.29) is 62.7 Å². The van der Waals surface area contributed by atoms with Gasteiger partial charge in [-0.25, -0.2) is 43.7 Å². The maximum Gasteiger partial charge on any atom is 0.420 e. The number of nitrogens with one attached hydrogen (secondary N) is 2. The van der Waals surface area contributed by atoms with Crippen LogP contribution in [0.3, 0.4) is 0 Å². The predicted molar refractivity (Wildman–Crippen MR) is 255 cm³/mol. The molecule has 70 heavy (non-hydrogen) atoms. The van der Waals surface area contributed by atoms with Gasteiger partial charge >= 0.3 is 36.6 Å². The number of hydrogen-bond acceptors (Lipinski definition) is 12. The van der Waals surface area contributed by atoms with Gasteiger partial charge in [-0.05, 0) is 137 Å². The second-order valence-electron chi connectivity index (χ2n) is 20.0. The number of urea groups is 1. The number of imide groups is 1. The van der Waals surface area contributed by atoms with Crippen LogP contribution in [-0.2, 0) is 33.9 Å². The standard InChI is InChI=1S/C48H64F3N9O10/c1-13-28-23-29(24-30-27-52-39(55-38(28)30)59(41(62)63)32-16-18-33(19-17-32)60(43(65)69-46(5,6)7)44(66)70-47(8,9)10)35-26-37(56-58(35)12)54-40(61)53-31-15-20-36(34(25-31)48(49,50)51)67-22-14-21-57(11)42(64)68-45(2,3)4/h15,20,23-27,32-33H,13-14,16-19,21-22H2,1-12H3,(H,62,63)(H2,53,54,56,61)/t32-,33-. The Balaban J connectivity index is 1.27. The number of alkyl halides is 3. The summed E-state index contributed by atoms with van der Waals surface area (Å²) in [6.45, 7) is 17.3. The van der Waals surface area contributed by atoms with Gasteiger partial charge < -0.3 is 34.3 Å². The molecule has 2 aromatic carbocycles. The number of fused-ring (bicyclic) bond motifs is 1. The van der Waals surface area contributed by atoms with Crippen LogP contribution in [0.4, 0.5) is 54.6 Å². The van der Waals surface area contributed by atoms with Crippen molar-refractivity contribution < 1.29 is 61.2 Å². The van der Waals surface area contributed by atoms with Crippen molar-refractivity contribution in [3.63, 3.8) is 0 Å². The van der Waals surface area contributed by atoms with Crippen LogP contribution < -0.4 is 20.3 Å². The van der Waals surface area contributed by atoms with Crippen LogP contribution in [0.15, 0.2) is 42.6 Å². The zero-order valence-corrected chi connectivity index (χ0v) is 41.7. The molecule has 0 aliphatic heterocycles. The third kappa shape index (κ3) is 14.6. The molecule has 0 bridgehead atoms. The van der Waals surface area contributed by atoms with Gasteiger partial charge in [0.15, 0.2) is 5.82 Å². The maximum absolute atomic E-state index is 14.1. The molecule has 382 valence electrons. The third-order valence-corrected chi connectivity index (χ3v) is 10.7. The number of halogens is 3. The van der Waals surface area contributed by atoms with Crippen LogP contribution in [0.2, 0.25) is 0 Å². The highest BCUT2D eigenvalue weighted by Crippen LogP contribution is 2.39. The zero-order chi connectivity index (χ0) is 52.1. The van der Waals surface area contributed by atoms with Gasteiger partial charge in [0.2, 0.25) is 5.95 Å². The fraction of sp³-hybridized carbons (Fsp3) is 0.542. The van der Waals surface area contributed by atoms with Crippen LogP contribution in [-0.4, -0.2) is 114 Å². The summed E-state index contributed by atoms with van der Waals surface area (Å²) in [5.41, 5.74) is -1.23. The maximum atomic E-state index is 14.1. The molecule has 3 N–H and O–H groups in total. The number of amides is 6. The summed E-state index contributed by atoms with van der Waals surface area (Å²) < 4.78 is 65.7. The number of carboxylic acid groups (broad SMARTS) is 1. The lowest BCUT2D eigenvalue weighted by Crippen LogP contribution is -2.52. The molecule has 1 fully saturated rings. The Hall–Kier alpha value is -6.87. The van der Waals surface area contributed by atoms with Gasteiger partial charge in [-0.3, -0.25) is 10.00 Å². The van der Waals surface area contributed by atoms with Gasteiger partial charge in [-0.15, -0.1) is 0 Å². The smallest absolute Gasteiger partial charge is 0.420 e. The molecule has 1 saturated carbocycles. The van der Waals surface area contributed by atoms with E-state index in [1.807, 2.05) is 13.0 Å². The van der Waals surface area contributed by atoms with Crippen LogP contribution in [0, 0.1) is 0 Å². The van der Waals surface area contributed by atoms with E-state index in [0.29, 0.717) is 28.6 Å². The Bertz CT molecular complexity index is 2530. The highest BCUT2D eigenvalue weighted by molar-refractivity contribution is 6.00. The van der Waals surface area contributed by atoms with Crippen molar-refractivity contribution in [3.8, 4) is 17.0 Å². The van der Waals surface area contributed by atoms with Gasteiger partial charge in [-0.1, -0.05) is 6.92 Å². The largest absolute Gasteiger partial charge is 0.493 e. The van der Waals surface area contributed by atoms with Gasteiger partial charge in [0.25, 0.3) is 0 Å². The van der Waals surface area contributed by atoms with E-state index in [1.54, 1.807) is 81.5 Å². The molecular weight excluding hydrogens is 920 g/mol. The number of nitrogens with zero attached hydrogens (tertiary/aromatic N) is 7. The number of benzene rings is 2. The van der Waals surface area contributed by atoms with Crippen molar-refractivity contribution in [2.75, 3.05) is 35.7 Å². The molecule has 1 aliphatic carbocycles. The molecular formula is C48H64F3N9O10. The van der Waals surface area contributed by atoms with Crippen molar-refractivity contribution in [2.24, 2.45) is 7.05 Å². The Kier molecular flexibility index (Phi) is 16.5. The first kappa shape index (κ1) is 54.1. The zero-order valence-electron chi connectivity index (χ0n) is 41.7. The molecule has 4 aromatic rings. The molecule has 0 unspecified atom stereocenters. The number of carbonyl (C=O) groups is 5. The average Bonchev–Trinajstić information content (AvgIpc) is 3.59. The summed E-state index contributed by atoms with van der Waals surface area (Å²) >= 11 is 0. The fourth-order valence-electron chi connectivity index (χ4n) is 7.67. The molecule has 2 aromatic heterocycles. The average molecular weight is 984 g/mol. The van der Waals surface area contributed by atoms with Crippen molar-refractivity contribution in [1.29, 1.82) is 0 Å². The number of aryl methyl sites for hydroxylation is 2. The van der Waals surface area contributed by atoms with E-state index in [0.717, 1.165) is 27.5 Å². The van der Waals surface area contributed by atoms with Crippen molar-refractivity contribution >= 4 is 58.8 Å². The van der Waals surface area contributed by atoms with Crippen molar-refractivity contribution in [1.82, 2.24) is 29.5 Å². The van der Waals surface area contributed by atoms with Gasteiger partial charge in [0.05, 0.1) is 23.4 Å². The van der Waals surface area contributed by atoms with E-state index in [1.165, 1.54) is 28.9 Å². The first-order valence-corrected chi connectivity index (χ1v) is 22.9. The molecule has 2 heterocycles. The monoisotopic (exact) mass is 983 g/mol. The molecule has 22 heteroatoms. The number of ether oxygens (including phenoxy) is 4. The van der Waals surface area contributed by atoms with Crippen molar-refractivity contribution in [2.45, 2.75) is 143 Å². The van der Waals surface area contributed by atoms with Crippen LogP contribution in [0.5, 0.6) is 5.75 Å². The topological polar surface area (TPSA) is 220 Å². The number of anilines is 3. The fourth-order valence-corrected chi connectivity index (χ4v) is 7.67. The lowest BCUT2D eigenvalue weighted by Gasteiger charge is -2.38. The second-order valence-corrected chi connectivity index (χ2v) is 20.0. The van der Waals surface area contributed by atoms with E-state index >= 15 is 0 Å². The van der Waals surface area contributed by atoms with Crippen molar-refractivity contribution in [3.05, 3.63) is 53.7 Å². The molecule has 5 rings (SSSR count). The first-order chi connectivity index (χ1) is 32.4. The first-order valence-electron chi connectivity index (χ1n) is 22.9. The molecule has 0 atom stereocenters. The summed E-state index contributed by atoms with van der Waals surface area (Å²) in [7, 11) is 3.17.